The molecule has 26 heavy (non-hydrogen) atoms. The van der Waals surface area contributed by atoms with Crippen molar-refractivity contribution >= 4 is 33.7 Å². The monoisotopic (exact) mass is 436 g/mol. The molecule has 0 spiro atoms. The number of esters is 1. The minimum Gasteiger partial charge on any atom is -0.476 e. The molecule has 0 aliphatic carbocycles. The second kappa shape index (κ2) is 8.49. The Bertz CT molecular complexity index is 749. The molecule has 5 heteroatoms. The SMILES string of the molecule is CC(C)(C)OC(=O)C(C)(C)Oc1ccc(Sc2ccccc2CBr)cc1. The van der Waals surface area contributed by atoms with Gasteiger partial charge in [0.15, 0.2) is 5.60 Å². The minimum absolute atomic E-state index is 0.380. The molecule has 0 saturated heterocycles. The van der Waals surface area contributed by atoms with Gasteiger partial charge in [-0.25, -0.2) is 4.79 Å². The van der Waals surface area contributed by atoms with Crippen molar-refractivity contribution in [2.45, 2.75) is 60.9 Å². The second-order valence-corrected chi connectivity index (χ2v) is 9.11. The second-order valence-electron chi connectivity index (χ2n) is 7.43. The number of carbonyl (C=O) groups excluding carboxylic acids is 1. The van der Waals surface area contributed by atoms with E-state index in [1.165, 1.54) is 10.5 Å². The van der Waals surface area contributed by atoms with Crippen LogP contribution in [0.4, 0.5) is 0 Å². The van der Waals surface area contributed by atoms with Crippen LogP contribution in [-0.4, -0.2) is 17.2 Å². The predicted octanol–water partition coefficient (Wildman–Crippen LogP) is 6.23. The Balaban J connectivity index is 2.06. The molecule has 3 nitrogen and oxygen atoms in total. The summed E-state index contributed by atoms with van der Waals surface area (Å²) >= 11 is 5.23. The molecule has 0 heterocycles. The molecule has 0 fully saturated rings. The highest BCUT2D eigenvalue weighted by molar-refractivity contribution is 9.08. The largest absolute Gasteiger partial charge is 0.476 e. The average molecular weight is 437 g/mol. The third-order valence-electron chi connectivity index (χ3n) is 3.43. The highest BCUT2D eigenvalue weighted by atomic mass is 79.9. The fraction of sp³-hybridized carbons (Fsp3) is 0.381. The lowest BCUT2D eigenvalue weighted by Gasteiger charge is -2.29. The Morgan fingerprint density at radius 3 is 2.19 bits per heavy atom. The molecule has 0 radical (unpaired) electrons. The first kappa shape index (κ1) is 20.8. The van der Waals surface area contributed by atoms with E-state index in [1.807, 2.05) is 57.2 Å². The Hall–Kier alpha value is -1.46. The number of hydrogen-bond donors (Lipinski definition) is 0. The molecule has 0 aliphatic rings. The molecule has 0 atom stereocenters. The van der Waals surface area contributed by atoms with Crippen molar-refractivity contribution in [2.75, 3.05) is 0 Å². The number of halogens is 1. The summed E-state index contributed by atoms with van der Waals surface area (Å²) in [5.74, 6) is 0.258. The molecular weight excluding hydrogens is 412 g/mol. The lowest BCUT2D eigenvalue weighted by molar-refractivity contribution is -0.170. The average Bonchev–Trinajstić information content (AvgIpc) is 2.55. The van der Waals surface area contributed by atoms with Crippen molar-refractivity contribution in [3.05, 3.63) is 54.1 Å². The molecule has 0 unspecified atom stereocenters. The topological polar surface area (TPSA) is 35.5 Å². The summed E-state index contributed by atoms with van der Waals surface area (Å²) in [5, 5.41) is 0.821. The number of alkyl halides is 1. The molecule has 0 saturated carbocycles. The van der Waals surface area contributed by atoms with E-state index in [1.54, 1.807) is 25.6 Å². The van der Waals surface area contributed by atoms with E-state index in [0.29, 0.717) is 5.75 Å². The zero-order valence-corrected chi connectivity index (χ0v) is 18.2. The summed E-state index contributed by atoms with van der Waals surface area (Å²) < 4.78 is 11.3. The first-order valence-corrected chi connectivity index (χ1v) is 10.4. The van der Waals surface area contributed by atoms with Gasteiger partial charge in [0.25, 0.3) is 0 Å². The maximum atomic E-state index is 12.3. The molecular formula is C21H25BrO3S. The third kappa shape index (κ3) is 6.06. The van der Waals surface area contributed by atoms with Crippen LogP contribution in [0.1, 0.15) is 40.2 Å². The lowest BCUT2D eigenvalue weighted by Crippen LogP contribution is -2.43. The van der Waals surface area contributed by atoms with Crippen LogP contribution >= 0.6 is 27.7 Å². The fourth-order valence-electron chi connectivity index (χ4n) is 2.15. The van der Waals surface area contributed by atoms with Crippen LogP contribution in [0.15, 0.2) is 58.3 Å². The van der Waals surface area contributed by atoms with E-state index in [2.05, 4.69) is 28.1 Å². The summed E-state index contributed by atoms with van der Waals surface area (Å²) in [6.45, 7) is 8.97. The number of hydrogen-bond acceptors (Lipinski definition) is 4. The number of ether oxygens (including phenoxy) is 2. The molecule has 140 valence electrons. The fourth-order valence-corrected chi connectivity index (χ4v) is 3.77. The van der Waals surface area contributed by atoms with Gasteiger partial charge >= 0.3 is 5.97 Å². The van der Waals surface area contributed by atoms with Crippen LogP contribution in [0.2, 0.25) is 0 Å². The highest BCUT2D eigenvalue weighted by Crippen LogP contribution is 2.33. The van der Waals surface area contributed by atoms with Crippen molar-refractivity contribution in [1.82, 2.24) is 0 Å². The molecule has 2 rings (SSSR count). The summed E-state index contributed by atoms with van der Waals surface area (Å²) in [6, 6.07) is 16.0. The lowest BCUT2D eigenvalue weighted by atomic mass is 10.1. The van der Waals surface area contributed by atoms with E-state index in [9.17, 15) is 4.79 Å². The molecule has 0 aliphatic heterocycles. The van der Waals surface area contributed by atoms with Crippen molar-refractivity contribution in [3.8, 4) is 5.75 Å². The first-order valence-electron chi connectivity index (χ1n) is 8.45. The summed E-state index contributed by atoms with van der Waals surface area (Å²) in [7, 11) is 0. The molecule has 0 amide bonds. The van der Waals surface area contributed by atoms with E-state index in [-0.39, 0.29) is 5.97 Å². The normalized spacial score (nSPS) is 11.9. The van der Waals surface area contributed by atoms with E-state index in [0.717, 1.165) is 10.2 Å². The van der Waals surface area contributed by atoms with Crippen molar-refractivity contribution < 1.29 is 14.3 Å². The maximum Gasteiger partial charge on any atom is 0.350 e. The van der Waals surface area contributed by atoms with Crippen molar-refractivity contribution in [2.24, 2.45) is 0 Å². The van der Waals surface area contributed by atoms with Gasteiger partial charge in [-0.1, -0.05) is 45.9 Å². The van der Waals surface area contributed by atoms with Gasteiger partial charge in [0.1, 0.15) is 11.4 Å². The standard InChI is InChI=1S/C21H25BrO3S/c1-20(2,3)25-19(23)21(4,5)24-16-10-12-17(13-11-16)26-18-9-7-6-8-15(18)14-22/h6-13H,14H2,1-5H3. The molecule has 0 aromatic heterocycles. The quantitative estimate of drug-likeness (QED) is 0.396. The van der Waals surface area contributed by atoms with E-state index >= 15 is 0 Å². The Labute approximate surface area is 168 Å². The van der Waals surface area contributed by atoms with Crippen molar-refractivity contribution in [3.63, 3.8) is 0 Å². The minimum atomic E-state index is -1.05. The van der Waals surface area contributed by atoms with Crippen LogP contribution in [0.3, 0.4) is 0 Å². The van der Waals surface area contributed by atoms with Gasteiger partial charge in [0.2, 0.25) is 0 Å². The van der Waals surface area contributed by atoms with Crippen LogP contribution in [0.5, 0.6) is 5.75 Å². The number of rotatable bonds is 6. The van der Waals surface area contributed by atoms with Gasteiger partial charge in [-0.05, 0) is 70.5 Å². The van der Waals surface area contributed by atoms with Crippen LogP contribution in [0, 0.1) is 0 Å². The number of carbonyl (C=O) groups is 1. The van der Waals surface area contributed by atoms with Crippen molar-refractivity contribution in [1.29, 1.82) is 0 Å². The molecule has 2 aromatic carbocycles. The maximum absolute atomic E-state index is 12.3. The van der Waals surface area contributed by atoms with E-state index in [4.69, 9.17) is 9.47 Å². The van der Waals surface area contributed by atoms with Crippen LogP contribution in [0.25, 0.3) is 0 Å². The first-order chi connectivity index (χ1) is 12.1. The molecule has 0 bridgehead atoms. The van der Waals surface area contributed by atoms with E-state index < -0.39 is 11.2 Å². The van der Waals surface area contributed by atoms with Gasteiger partial charge < -0.3 is 9.47 Å². The third-order valence-corrected chi connectivity index (χ3v) is 5.16. The summed E-state index contributed by atoms with van der Waals surface area (Å²) in [6.07, 6.45) is 0. The van der Waals surface area contributed by atoms with Gasteiger partial charge in [0, 0.05) is 15.1 Å². The Morgan fingerprint density at radius 2 is 1.62 bits per heavy atom. The Morgan fingerprint density at radius 1 is 1.00 bits per heavy atom. The zero-order chi connectivity index (χ0) is 19.4. The summed E-state index contributed by atoms with van der Waals surface area (Å²) in [4.78, 5) is 14.6. The zero-order valence-electron chi connectivity index (χ0n) is 15.8. The Kier molecular flexibility index (Phi) is 6.80. The van der Waals surface area contributed by atoms with Gasteiger partial charge in [-0.2, -0.15) is 0 Å². The number of benzene rings is 2. The van der Waals surface area contributed by atoms with Gasteiger partial charge in [-0.3, -0.25) is 0 Å². The van der Waals surface area contributed by atoms with Gasteiger partial charge in [0.05, 0.1) is 0 Å². The molecule has 0 N–H and O–H groups in total. The van der Waals surface area contributed by atoms with Gasteiger partial charge in [-0.15, -0.1) is 0 Å². The summed E-state index contributed by atoms with van der Waals surface area (Å²) in [5.41, 5.74) is -0.338. The van der Waals surface area contributed by atoms with Crippen LogP contribution in [-0.2, 0) is 14.9 Å². The predicted molar refractivity (Wildman–Crippen MR) is 110 cm³/mol. The van der Waals surface area contributed by atoms with Crippen LogP contribution < -0.4 is 4.74 Å². The highest BCUT2D eigenvalue weighted by Gasteiger charge is 2.34. The molecule has 2 aromatic rings. The smallest absolute Gasteiger partial charge is 0.350 e.